The van der Waals surface area contributed by atoms with E-state index in [2.05, 4.69) is 15.2 Å². The molecule has 142 valence electrons. The summed E-state index contributed by atoms with van der Waals surface area (Å²) in [5.41, 5.74) is 0.828. The SMILES string of the molecule is Cc1ccc([C@@H]2C(=O)C3=C(O[C@H](NCCN4CCCC4)C=N3)C2=O)cc1F. The van der Waals surface area contributed by atoms with Crippen LogP contribution < -0.4 is 5.32 Å². The first-order chi connectivity index (χ1) is 13.0. The molecule has 1 saturated heterocycles. The topological polar surface area (TPSA) is 71.0 Å². The molecule has 2 aliphatic heterocycles. The van der Waals surface area contributed by atoms with Crippen molar-refractivity contribution in [2.24, 2.45) is 4.99 Å². The number of ether oxygens (including phenoxy) is 1. The number of nitrogens with one attached hydrogen (secondary N) is 1. The number of carbonyl (C=O) groups excluding carboxylic acids is 2. The zero-order chi connectivity index (χ0) is 19.0. The normalized spacial score (nSPS) is 25.3. The van der Waals surface area contributed by atoms with E-state index in [9.17, 15) is 14.0 Å². The molecular weight excluding hydrogens is 349 g/mol. The summed E-state index contributed by atoms with van der Waals surface area (Å²) >= 11 is 0. The predicted octanol–water partition coefficient (Wildman–Crippen LogP) is 1.69. The van der Waals surface area contributed by atoms with Gasteiger partial charge in [-0.2, -0.15) is 0 Å². The monoisotopic (exact) mass is 371 g/mol. The van der Waals surface area contributed by atoms with Crippen molar-refractivity contribution >= 4 is 17.8 Å². The molecular formula is C20H22FN3O3. The number of ketones is 2. The number of benzene rings is 1. The minimum Gasteiger partial charge on any atom is -0.464 e. The number of hydrogen-bond donors (Lipinski definition) is 1. The van der Waals surface area contributed by atoms with Gasteiger partial charge in [0.05, 0.1) is 6.21 Å². The molecule has 0 saturated carbocycles. The molecule has 0 aromatic heterocycles. The zero-order valence-electron chi connectivity index (χ0n) is 15.2. The molecule has 6 nitrogen and oxygen atoms in total. The van der Waals surface area contributed by atoms with E-state index in [0.29, 0.717) is 17.7 Å². The Morgan fingerprint density at radius 3 is 2.78 bits per heavy atom. The first kappa shape index (κ1) is 18.0. The molecule has 0 radical (unpaired) electrons. The number of carbonyl (C=O) groups is 2. The lowest BCUT2D eigenvalue weighted by molar-refractivity contribution is -0.124. The molecule has 2 atom stereocenters. The van der Waals surface area contributed by atoms with E-state index in [0.717, 1.165) is 19.6 Å². The Hall–Kier alpha value is -2.38. The van der Waals surface area contributed by atoms with Crippen molar-refractivity contribution in [3.05, 3.63) is 46.6 Å². The van der Waals surface area contributed by atoms with E-state index in [1.807, 2.05) is 0 Å². The highest BCUT2D eigenvalue weighted by Crippen LogP contribution is 2.36. The number of aryl methyl sites for hydroxylation is 1. The summed E-state index contributed by atoms with van der Waals surface area (Å²) in [7, 11) is 0. The summed E-state index contributed by atoms with van der Waals surface area (Å²) in [5, 5.41) is 3.20. The number of likely N-dealkylation sites (tertiary alicyclic amines) is 1. The van der Waals surface area contributed by atoms with E-state index >= 15 is 0 Å². The van der Waals surface area contributed by atoms with Gasteiger partial charge in [-0.15, -0.1) is 0 Å². The lowest BCUT2D eigenvalue weighted by Gasteiger charge is -2.21. The average molecular weight is 371 g/mol. The Labute approximate surface area is 157 Å². The fourth-order valence-corrected chi connectivity index (χ4v) is 3.71. The smallest absolute Gasteiger partial charge is 0.215 e. The molecule has 0 amide bonds. The molecule has 1 aromatic carbocycles. The Morgan fingerprint density at radius 2 is 2.04 bits per heavy atom. The van der Waals surface area contributed by atoms with Crippen molar-refractivity contribution in [2.75, 3.05) is 26.2 Å². The molecule has 0 spiro atoms. The second-order valence-electron chi connectivity index (χ2n) is 7.17. The lowest BCUT2D eigenvalue weighted by atomic mass is 9.93. The van der Waals surface area contributed by atoms with Crippen LogP contribution >= 0.6 is 0 Å². The second-order valence-corrected chi connectivity index (χ2v) is 7.17. The molecule has 3 aliphatic rings. The average Bonchev–Trinajstić information content (AvgIpc) is 3.25. The molecule has 2 heterocycles. The van der Waals surface area contributed by atoms with Gasteiger partial charge in [-0.1, -0.05) is 12.1 Å². The van der Waals surface area contributed by atoms with Crippen molar-refractivity contribution in [1.82, 2.24) is 10.2 Å². The summed E-state index contributed by atoms with van der Waals surface area (Å²) in [4.78, 5) is 31.9. The molecule has 1 fully saturated rings. The highest BCUT2D eigenvalue weighted by atomic mass is 19.1. The van der Waals surface area contributed by atoms with Crippen LogP contribution in [0.2, 0.25) is 0 Å². The van der Waals surface area contributed by atoms with E-state index in [4.69, 9.17) is 4.74 Å². The minimum atomic E-state index is -1.08. The summed E-state index contributed by atoms with van der Waals surface area (Å²) < 4.78 is 19.6. The maximum absolute atomic E-state index is 13.9. The van der Waals surface area contributed by atoms with Crippen molar-refractivity contribution in [3.8, 4) is 0 Å². The van der Waals surface area contributed by atoms with Crippen molar-refractivity contribution < 1.29 is 18.7 Å². The van der Waals surface area contributed by atoms with E-state index in [-0.39, 0.29) is 11.5 Å². The lowest BCUT2D eigenvalue weighted by Crippen LogP contribution is -2.40. The van der Waals surface area contributed by atoms with Crippen molar-refractivity contribution in [1.29, 1.82) is 0 Å². The molecule has 1 aliphatic carbocycles. The Kier molecular flexibility index (Phi) is 4.88. The highest BCUT2D eigenvalue weighted by molar-refractivity contribution is 6.27. The zero-order valence-corrected chi connectivity index (χ0v) is 15.2. The van der Waals surface area contributed by atoms with Crippen LogP contribution in [0.1, 0.15) is 29.9 Å². The van der Waals surface area contributed by atoms with Crippen LogP contribution in [0, 0.1) is 12.7 Å². The number of halogens is 1. The maximum Gasteiger partial charge on any atom is 0.215 e. The van der Waals surface area contributed by atoms with Gasteiger partial charge in [-0.05, 0) is 50.0 Å². The molecule has 27 heavy (non-hydrogen) atoms. The van der Waals surface area contributed by atoms with Gasteiger partial charge in [0.15, 0.2) is 23.5 Å². The third kappa shape index (κ3) is 3.44. The fraction of sp³-hybridized carbons (Fsp3) is 0.450. The molecule has 0 unspecified atom stereocenters. The van der Waals surface area contributed by atoms with Gasteiger partial charge >= 0.3 is 0 Å². The van der Waals surface area contributed by atoms with Crippen LogP contribution in [-0.2, 0) is 14.3 Å². The van der Waals surface area contributed by atoms with Gasteiger partial charge in [0.25, 0.3) is 0 Å². The number of nitrogens with zero attached hydrogens (tertiary/aromatic N) is 2. The molecule has 1 aromatic rings. The number of allylic oxidation sites excluding steroid dienone is 2. The second kappa shape index (κ2) is 7.32. The summed E-state index contributed by atoms with van der Waals surface area (Å²) in [6.45, 7) is 5.45. The molecule has 0 bridgehead atoms. The predicted molar refractivity (Wildman–Crippen MR) is 98.0 cm³/mol. The summed E-state index contributed by atoms with van der Waals surface area (Å²) in [6, 6.07) is 4.41. The van der Waals surface area contributed by atoms with Gasteiger partial charge in [0.1, 0.15) is 11.7 Å². The van der Waals surface area contributed by atoms with Gasteiger partial charge in [0, 0.05) is 13.1 Å². The molecule has 4 rings (SSSR count). The Balaban J connectivity index is 1.42. The minimum absolute atomic E-state index is 0.0212. The number of hydrogen-bond acceptors (Lipinski definition) is 6. The summed E-state index contributed by atoms with van der Waals surface area (Å²) in [5.74, 6) is -2.44. The van der Waals surface area contributed by atoms with E-state index < -0.39 is 29.5 Å². The molecule has 1 N–H and O–H groups in total. The van der Waals surface area contributed by atoms with E-state index in [1.165, 1.54) is 25.1 Å². The van der Waals surface area contributed by atoms with Crippen molar-refractivity contribution in [3.63, 3.8) is 0 Å². The number of Topliss-reactive ketones (excluding diaryl/α,β-unsaturated/α-hetero) is 2. The Morgan fingerprint density at radius 1 is 1.26 bits per heavy atom. The first-order valence-corrected chi connectivity index (χ1v) is 9.30. The first-order valence-electron chi connectivity index (χ1n) is 9.30. The quantitative estimate of drug-likeness (QED) is 0.798. The standard InChI is InChI=1S/C20H22FN3O3/c1-12-4-5-13(10-14(12)21)16-18(25)17-20(19(16)26)27-15(11-23-17)22-6-9-24-7-2-3-8-24/h4-5,10-11,15-16,22H,2-3,6-9H2,1H3/t15-,16+/m0/s1. The summed E-state index contributed by atoms with van der Waals surface area (Å²) in [6.07, 6.45) is 3.42. The fourth-order valence-electron chi connectivity index (χ4n) is 3.71. The van der Waals surface area contributed by atoms with Crippen LogP contribution in [0.25, 0.3) is 0 Å². The van der Waals surface area contributed by atoms with Crippen LogP contribution in [0.3, 0.4) is 0 Å². The third-order valence-corrected chi connectivity index (χ3v) is 5.28. The van der Waals surface area contributed by atoms with Gasteiger partial charge in [0.2, 0.25) is 5.78 Å². The largest absolute Gasteiger partial charge is 0.464 e. The van der Waals surface area contributed by atoms with Crippen LogP contribution in [0.15, 0.2) is 34.6 Å². The van der Waals surface area contributed by atoms with Crippen LogP contribution in [-0.4, -0.2) is 55.1 Å². The van der Waals surface area contributed by atoms with Gasteiger partial charge in [-0.25, -0.2) is 9.38 Å². The van der Waals surface area contributed by atoms with E-state index in [1.54, 1.807) is 19.1 Å². The van der Waals surface area contributed by atoms with Crippen LogP contribution in [0.5, 0.6) is 0 Å². The number of aliphatic imine (C=N–C) groups is 1. The third-order valence-electron chi connectivity index (χ3n) is 5.28. The van der Waals surface area contributed by atoms with Crippen LogP contribution in [0.4, 0.5) is 4.39 Å². The van der Waals surface area contributed by atoms with Crippen molar-refractivity contribution in [2.45, 2.75) is 31.9 Å². The molecule has 7 heteroatoms. The van der Waals surface area contributed by atoms with Gasteiger partial charge in [-0.3, -0.25) is 14.9 Å². The highest BCUT2D eigenvalue weighted by Gasteiger charge is 2.45. The Bertz CT molecular complexity index is 843. The maximum atomic E-state index is 13.9. The number of rotatable bonds is 5. The van der Waals surface area contributed by atoms with Gasteiger partial charge < -0.3 is 9.64 Å².